The van der Waals surface area contributed by atoms with Gasteiger partial charge in [-0.15, -0.1) is 0 Å². The van der Waals surface area contributed by atoms with Crippen LogP contribution in [0.1, 0.15) is 0 Å². The molecule has 96 valence electrons. The monoisotopic (exact) mass is 254 g/mol. The Hall–Kier alpha value is -2.38. The molecule has 0 aliphatic carbocycles. The van der Waals surface area contributed by atoms with Gasteiger partial charge >= 0.3 is 24.1 Å². The molecular formula is C10H10N2O6. The van der Waals surface area contributed by atoms with E-state index >= 15 is 0 Å². The summed E-state index contributed by atoms with van der Waals surface area (Å²) in [5.74, 6) is -1.55. The molecule has 0 unspecified atom stereocenters. The first-order valence-electron chi connectivity index (χ1n) is 5.20. The summed E-state index contributed by atoms with van der Waals surface area (Å²) in [6, 6.07) is 0. The molecule has 2 aliphatic rings. The van der Waals surface area contributed by atoms with Crippen LogP contribution < -0.4 is 0 Å². The molecule has 0 saturated carbocycles. The van der Waals surface area contributed by atoms with E-state index < -0.39 is 11.9 Å². The van der Waals surface area contributed by atoms with E-state index in [4.69, 9.17) is 9.47 Å². The van der Waals surface area contributed by atoms with E-state index in [1.54, 1.807) is 0 Å². The number of rotatable bonds is 2. The SMILES string of the molecule is O=C(/C=C\C(=O)OC1=NCCO1)OC1=NCCO1. The number of hydrogen-bond donors (Lipinski definition) is 0. The molecule has 0 saturated heterocycles. The van der Waals surface area contributed by atoms with Crippen molar-refractivity contribution in [1.29, 1.82) is 0 Å². The van der Waals surface area contributed by atoms with Gasteiger partial charge in [-0.25, -0.2) is 19.6 Å². The normalized spacial score (nSPS) is 17.8. The number of nitrogens with zero attached hydrogens (tertiary/aromatic N) is 2. The van der Waals surface area contributed by atoms with Crippen molar-refractivity contribution >= 4 is 24.1 Å². The molecule has 0 aromatic carbocycles. The van der Waals surface area contributed by atoms with Crippen LogP contribution in [0.2, 0.25) is 0 Å². The largest absolute Gasteiger partial charge is 0.448 e. The van der Waals surface area contributed by atoms with E-state index in [1.807, 2.05) is 0 Å². The highest BCUT2D eigenvalue weighted by atomic mass is 16.7. The summed E-state index contributed by atoms with van der Waals surface area (Å²) >= 11 is 0. The highest BCUT2D eigenvalue weighted by molar-refractivity contribution is 5.98. The first-order valence-corrected chi connectivity index (χ1v) is 5.20. The second-order valence-electron chi connectivity index (χ2n) is 3.17. The second-order valence-corrected chi connectivity index (χ2v) is 3.17. The molecular weight excluding hydrogens is 244 g/mol. The van der Waals surface area contributed by atoms with E-state index in [0.717, 1.165) is 12.2 Å². The Morgan fingerprint density at radius 3 is 1.72 bits per heavy atom. The Labute approximate surface area is 102 Å². The molecule has 8 nitrogen and oxygen atoms in total. The van der Waals surface area contributed by atoms with Gasteiger partial charge in [-0.2, -0.15) is 0 Å². The highest BCUT2D eigenvalue weighted by Gasteiger charge is 2.14. The van der Waals surface area contributed by atoms with Gasteiger partial charge in [0.1, 0.15) is 13.2 Å². The van der Waals surface area contributed by atoms with Crippen LogP contribution in [-0.4, -0.2) is 50.4 Å². The summed E-state index contributed by atoms with van der Waals surface area (Å²) in [6.07, 6.45) is 1.62. The van der Waals surface area contributed by atoms with Gasteiger partial charge in [0.25, 0.3) is 0 Å². The molecule has 2 aliphatic heterocycles. The molecule has 2 heterocycles. The zero-order valence-corrected chi connectivity index (χ0v) is 9.33. The maximum Gasteiger partial charge on any atom is 0.391 e. The van der Waals surface area contributed by atoms with Crippen LogP contribution in [0.3, 0.4) is 0 Å². The van der Waals surface area contributed by atoms with E-state index in [-0.39, 0.29) is 12.2 Å². The summed E-state index contributed by atoms with van der Waals surface area (Å²) in [6.45, 7) is 1.66. The van der Waals surface area contributed by atoms with Gasteiger partial charge in [0.05, 0.1) is 13.1 Å². The maximum atomic E-state index is 11.2. The Kier molecular flexibility index (Phi) is 3.90. The Bertz CT molecular complexity index is 400. The van der Waals surface area contributed by atoms with Crippen LogP contribution >= 0.6 is 0 Å². The minimum absolute atomic E-state index is 0.0958. The molecule has 0 N–H and O–H groups in total. The predicted molar refractivity (Wildman–Crippen MR) is 57.8 cm³/mol. The lowest BCUT2D eigenvalue weighted by Gasteiger charge is -2.00. The fraction of sp³-hybridized carbons (Fsp3) is 0.400. The summed E-state index contributed by atoms with van der Waals surface area (Å²) in [4.78, 5) is 29.9. The molecule has 8 heteroatoms. The van der Waals surface area contributed by atoms with Gasteiger partial charge < -0.3 is 18.9 Å². The van der Waals surface area contributed by atoms with Crippen LogP contribution in [0.5, 0.6) is 0 Å². The van der Waals surface area contributed by atoms with Crippen molar-refractivity contribution in [2.24, 2.45) is 9.98 Å². The van der Waals surface area contributed by atoms with Crippen molar-refractivity contribution in [2.45, 2.75) is 0 Å². The zero-order chi connectivity index (χ0) is 12.8. The topological polar surface area (TPSA) is 95.8 Å². The molecule has 0 amide bonds. The Morgan fingerprint density at radius 2 is 1.39 bits per heavy atom. The average Bonchev–Trinajstić information content (AvgIpc) is 2.99. The molecule has 0 fully saturated rings. The van der Waals surface area contributed by atoms with Gasteiger partial charge in [0, 0.05) is 12.2 Å². The van der Waals surface area contributed by atoms with Gasteiger partial charge in [0.2, 0.25) is 0 Å². The third kappa shape index (κ3) is 3.58. The van der Waals surface area contributed by atoms with E-state index in [9.17, 15) is 9.59 Å². The predicted octanol–water partition coefficient (Wildman–Crippen LogP) is -0.599. The van der Waals surface area contributed by atoms with Crippen LogP contribution in [0.4, 0.5) is 0 Å². The lowest BCUT2D eigenvalue weighted by Crippen LogP contribution is -2.13. The van der Waals surface area contributed by atoms with Gasteiger partial charge in [-0.1, -0.05) is 0 Å². The third-order valence-corrected chi connectivity index (χ3v) is 1.85. The number of aliphatic imine (C=N–C) groups is 2. The highest BCUT2D eigenvalue weighted by Crippen LogP contribution is 1.99. The first-order chi connectivity index (χ1) is 8.74. The molecule has 18 heavy (non-hydrogen) atoms. The smallest absolute Gasteiger partial charge is 0.391 e. The minimum Gasteiger partial charge on any atom is -0.448 e. The van der Waals surface area contributed by atoms with Crippen molar-refractivity contribution in [3.05, 3.63) is 12.2 Å². The Balaban J connectivity index is 1.75. The molecule has 0 spiro atoms. The van der Waals surface area contributed by atoms with Gasteiger partial charge in [0.15, 0.2) is 0 Å². The fourth-order valence-corrected chi connectivity index (χ4v) is 1.13. The molecule has 0 atom stereocenters. The molecule has 2 rings (SSSR count). The number of ether oxygens (including phenoxy) is 4. The van der Waals surface area contributed by atoms with E-state index in [2.05, 4.69) is 19.5 Å². The van der Waals surface area contributed by atoms with Crippen molar-refractivity contribution < 1.29 is 28.5 Å². The van der Waals surface area contributed by atoms with Crippen molar-refractivity contribution in [1.82, 2.24) is 0 Å². The van der Waals surface area contributed by atoms with Crippen LogP contribution in [0.25, 0.3) is 0 Å². The van der Waals surface area contributed by atoms with Crippen molar-refractivity contribution in [3.63, 3.8) is 0 Å². The summed E-state index contributed by atoms with van der Waals surface area (Å²) in [5, 5.41) is 0. The quantitative estimate of drug-likeness (QED) is 0.482. The van der Waals surface area contributed by atoms with Gasteiger partial charge in [-0.3, -0.25) is 0 Å². The molecule has 0 aromatic heterocycles. The Morgan fingerprint density at radius 1 is 0.944 bits per heavy atom. The minimum atomic E-state index is -0.776. The summed E-state index contributed by atoms with van der Waals surface area (Å²) in [7, 11) is 0. The van der Waals surface area contributed by atoms with Crippen molar-refractivity contribution in [3.8, 4) is 0 Å². The maximum absolute atomic E-state index is 11.2. The second kappa shape index (κ2) is 5.80. The zero-order valence-electron chi connectivity index (χ0n) is 9.33. The standard InChI is InChI=1S/C10H10N2O6/c13-7(17-9-11-3-5-15-9)1-2-8(14)18-10-12-4-6-16-10/h1-2H,3-6H2/b2-1-. The van der Waals surface area contributed by atoms with Crippen molar-refractivity contribution in [2.75, 3.05) is 26.3 Å². The molecule has 0 aromatic rings. The summed E-state index contributed by atoms with van der Waals surface area (Å²) in [5.41, 5.74) is 0. The van der Waals surface area contributed by atoms with Crippen LogP contribution in [0.15, 0.2) is 22.1 Å². The summed E-state index contributed by atoms with van der Waals surface area (Å²) < 4.78 is 19.0. The van der Waals surface area contributed by atoms with E-state index in [0.29, 0.717) is 26.3 Å². The van der Waals surface area contributed by atoms with Gasteiger partial charge in [-0.05, 0) is 0 Å². The lowest BCUT2D eigenvalue weighted by molar-refractivity contribution is -0.134. The molecule has 0 bridgehead atoms. The van der Waals surface area contributed by atoms with Crippen LogP contribution in [-0.2, 0) is 28.5 Å². The van der Waals surface area contributed by atoms with Crippen LogP contribution in [0, 0.1) is 0 Å². The lowest BCUT2D eigenvalue weighted by atomic mass is 10.5. The first kappa shape index (κ1) is 12.1. The van der Waals surface area contributed by atoms with E-state index in [1.165, 1.54) is 0 Å². The number of esters is 2. The number of hydrogen-bond acceptors (Lipinski definition) is 8. The fourth-order valence-electron chi connectivity index (χ4n) is 1.13. The average molecular weight is 254 g/mol. The third-order valence-electron chi connectivity index (χ3n) is 1.85. The number of carbonyl (C=O) groups is 2. The number of carbonyl (C=O) groups excluding carboxylic acids is 2. The molecule has 0 radical (unpaired) electrons.